The van der Waals surface area contributed by atoms with Crippen LogP contribution >= 0.6 is 0 Å². The van der Waals surface area contributed by atoms with E-state index in [0.717, 1.165) is 16.9 Å². The first kappa shape index (κ1) is 14.3. The fourth-order valence-electron chi connectivity index (χ4n) is 2.16. The van der Waals surface area contributed by atoms with Crippen LogP contribution in [0.1, 0.15) is 22.6 Å². The molecule has 0 atom stereocenters. The number of hydrogen-bond acceptors (Lipinski definition) is 4. The van der Waals surface area contributed by atoms with Crippen LogP contribution in [0.3, 0.4) is 0 Å². The molecule has 0 aliphatic heterocycles. The second-order valence-corrected chi connectivity index (χ2v) is 5.41. The summed E-state index contributed by atoms with van der Waals surface area (Å²) in [6, 6.07) is 14.0. The van der Waals surface area contributed by atoms with Crippen LogP contribution in [0.2, 0.25) is 0 Å². The molecule has 0 radical (unpaired) electrons. The molecule has 3 rings (SSSR count). The normalized spacial score (nSPS) is 10.7. The minimum absolute atomic E-state index is 0.265. The first-order valence-electron chi connectivity index (χ1n) is 7.21. The largest absolute Gasteiger partial charge is 0.484 e. The maximum atomic E-state index is 5.70. The van der Waals surface area contributed by atoms with Crippen molar-refractivity contribution in [2.24, 2.45) is 0 Å². The molecule has 0 bridgehead atoms. The fourth-order valence-corrected chi connectivity index (χ4v) is 2.16. The summed E-state index contributed by atoms with van der Waals surface area (Å²) in [6.07, 6.45) is 0. The summed E-state index contributed by atoms with van der Waals surface area (Å²) in [5.41, 5.74) is 4.52. The van der Waals surface area contributed by atoms with Crippen LogP contribution in [0, 0.1) is 20.8 Å². The number of hydrogen-bond donors (Lipinski definition) is 0. The Balaban J connectivity index is 1.70. The average Bonchev–Trinajstić information content (AvgIpc) is 2.97. The topological polar surface area (TPSA) is 48.2 Å². The van der Waals surface area contributed by atoms with E-state index in [1.165, 1.54) is 11.1 Å². The second-order valence-electron chi connectivity index (χ2n) is 5.41. The molecule has 0 spiro atoms. The predicted octanol–water partition coefficient (Wildman–Crippen LogP) is 4.24. The monoisotopic (exact) mass is 294 g/mol. The molecule has 0 saturated heterocycles. The third kappa shape index (κ3) is 3.17. The van der Waals surface area contributed by atoms with Crippen LogP contribution < -0.4 is 4.74 Å². The zero-order valence-corrected chi connectivity index (χ0v) is 13.0. The molecule has 2 aromatic carbocycles. The van der Waals surface area contributed by atoms with Gasteiger partial charge in [-0.15, -0.1) is 10.2 Å². The molecule has 0 N–H and O–H groups in total. The standard InChI is InChI=1S/C18H18N2O2/c1-12-5-4-6-15(9-12)18-20-19-17(22-18)11-21-16-8-7-13(2)14(3)10-16/h4-10H,11H2,1-3H3. The van der Waals surface area contributed by atoms with Crippen LogP contribution in [0.4, 0.5) is 0 Å². The second kappa shape index (κ2) is 6.02. The van der Waals surface area contributed by atoms with Gasteiger partial charge in [0.1, 0.15) is 5.75 Å². The smallest absolute Gasteiger partial charge is 0.254 e. The van der Waals surface area contributed by atoms with E-state index in [1.54, 1.807) is 0 Å². The van der Waals surface area contributed by atoms with Crippen molar-refractivity contribution in [2.75, 3.05) is 0 Å². The van der Waals surface area contributed by atoms with Gasteiger partial charge < -0.3 is 9.15 Å². The van der Waals surface area contributed by atoms with Crippen molar-refractivity contribution in [3.05, 3.63) is 65.0 Å². The highest BCUT2D eigenvalue weighted by molar-refractivity contribution is 5.53. The van der Waals surface area contributed by atoms with E-state index in [2.05, 4.69) is 24.0 Å². The van der Waals surface area contributed by atoms with E-state index in [9.17, 15) is 0 Å². The van der Waals surface area contributed by atoms with Gasteiger partial charge in [0.25, 0.3) is 5.89 Å². The Morgan fingerprint density at radius 2 is 1.82 bits per heavy atom. The molecule has 0 unspecified atom stereocenters. The summed E-state index contributed by atoms with van der Waals surface area (Å²) in [4.78, 5) is 0. The summed E-state index contributed by atoms with van der Waals surface area (Å²) in [5.74, 6) is 1.79. The van der Waals surface area contributed by atoms with Gasteiger partial charge in [-0.1, -0.05) is 23.8 Å². The lowest BCUT2D eigenvalue weighted by Gasteiger charge is -2.05. The minimum Gasteiger partial charge on any atom is -0.484 e. The van der Waals surface area contributed by atoms with Gasteiger partial charge in [0, 0.05) is 5.56 Å². The lowest BCUT2D eigenvalue weighted by molar-refractivity contribution is 0.264. The quantitative estimate of drug-likeness (QED) is 0.722. The molecule has 0 fully saturated rings. The molecule has 22 heavy (non-hydrogen) atoms. The van der Waals surface area contributed by atoms with Gasteiger partial charge in [0.15, 0.2) is 6.61 Å². The van der Waals surface area contributed by atoms with Gasteiger partial charge in [0.05, 0.1) is 0 Å². The number of nitrogens with zero attached hydrogens (tertiary/aromatic N) is 2. The molecule has 1 aromatic heterocycles. The van der Waals surface area contributed by atoms with Crippen LogP contribution in [0.15, 0.2) is 46.9 Å². The van der Waals surface area contributed by atoms with Gasteiger partial charge in [-0.05, 0) is 56.2 Å². The fraction of sp³-hybridized carbons (Fsp3) is 0.222. The molecule has 0 aliphatic rings. The van der Waals surface area contributed by atoms with Gasteiger partial charge in [0.2, 0.25) is 5.89 Å². The zero-order valence-electron chi connectivity index (χ0n) is 13.0. The van der Waals surface area contributed by atoms with Crippen molar-refractivity contribution in [1.29, 1.82) is 0 Å². The van der Waals surface area contributed by atoms with E-state index in [-0.39, 0.29) is 6.61 Å². The van der Waals surface area contributed by atoms with Crippen molar-refractivity contribution >= 4 is 0 Å². The molecule has 0 aliphatic carbocycles. The summed E-state index contributed by atoms with van der Waals surface area (Å²) >= 11 is 0. The van der Waals surface area contributed by atoms with Crippen LogP contribution in [0.25, 0.3) is 11.5 Å². The maximum Gasteiger partial charge on any atom is 0.254 e. The first-order valence-corrected chi connectivity index (χ1v) is 7.21. The Labute approximate surface area is 129 Å². The van der Waals surface area contributed by atoms with Gasteiger partial charge in [-0.3, -0.25) is 0 Å². The number of ether oxygens (including phenoxy) is 1. The van der Waals surface area contributed by atoms with E-state index >= 15 is 0 Å². The number of benzene rings is 2. The van der Waals surface area contributed by atoms with Crippen molar-refractivity contribution in [3.8, 4) is 17.2 Å². The Kier molecular flexibility index (Phi) is 3.92. The Morgan fingerprint density at radius 3 is 2.59 bits per heavy atom. The Morgan fingerprint density at radius 1 is 0.955 bits per heavy atom. The highest BCUT2D eigenvalue weighted by atomic mass is 16.5. The molecule has 1 heterocycles. The molecular weight excluding hydrogens is 276 g/mol. The number of rotatable bonds is 4. The summed E-state index contributed by atoms with van der Waals surface area (Å²) < 4.78 is 11.4. The molecule has 3 aromatic rings. The lowest BCUT2D eigenvalue weighted by atomic mass is 10.1. The Bertz CT molecular complexity index is 793. The minimum atomic E-state index is 0.265. The predicted molar refractivity (Wildman–Crippen MR) is 84.7 cm³/mol. The highest BCUT2D eigenvalue weighted by Gasteiger charge is 2.09. The van der Waals surface area contributed by atoms with Crippen LogP contribution in [0.5, 0.6) is 5.75 Å². The van der Waals surface area contributed by atoms with Crippen molar-refractivity contribution < 1.29 is 9.15 Å². The van der Waals surface area contributed by atoms with E-state index in [1.807, 2.05) is 49.4 Å². The van der Waals surface area contributed by atoms with Crippen LogP contribution in [-0.4, -0.2) is 10.2 Å². The number of aromatic nitrogens is 2. The number of aryl methyl sites for hydroxylation is 3. The first-order chi connectivity index (χ1) is 10.6. The molecular formula is C18H18N2O2. The van der Waals surface area contributed by atoms with E-state index in [4.69, 9.17) is 9.15 Å². The van der Waals surface area contributed by atoms with E-state index < -0.39 is 0 Å². The van der Waals surface area contributed by atoms with Gasteiger partial charge >= 0.3 is 0 Å². The third-order valence-corrected chi connectivity index (χ3v) is 3.57. The summed E-state index contributed by atoms with van der Waals surface area (Å²) in [5, 5.41) is 8.11. The molecule has 4 nitrogen and oxygen atoms in total. The van der Waals surface area contributed by atoms with Crippen molar-refractivity contribution in [2.45, 2.75) is 27.4 Å². The maximum absolute atomic E-state index is 5.70. The van der Waals surface area contributed by atoms with Gasteiger partial charge in [-0.25, -0.2) is 0 Å². The van der Waals surface area contributed by atoms with Gasteiger partial charge in [-0.2, -0.15) is 0 Å². The molecule has 0 saturated carbocycles. The van der Waals surface area contributed by atoms with Crippen molar-refractivity contribution in [1.82, 2.24) is 10.2 Å². The zero-order chi connectivity index (χ0) is 15.5. The average molecular weight is 294 g/mol. The third-order valence-electron chi connectivity index (χ3n) is 3.57. The molecule has 112 valence electrons. The van der Waals surface area contributed by atoms with E-state index in [0.29, 0.717) is 11.8 Å². The van der Waals surface area contributed by atoms with Crippen LogP contribution in [-0.2, 0) is 6.61 Å². The Hall–Kier alpha value is -2.62. The molecule has 0 amide bonds. The summed E-state index contributed by atoms with van der Waals surface area (Å²) in [7, 11) is 0. The highest BCUT2D eigenvalue weighted by Crippen LogP contribution is 2.21. The van der Waals surface area contributed by atoms with Crippen molar-refractivity contribution in [3.63, 3.8) is 0 Å². The SMILES string of the molecule is Cc1cccc(-c2nnc(COc3ccc(C)c(C)c3)o2)c1. The molecule has 4 heteroatoms. The summed E-state index contributed by atoms with van der Waals surface area (Å²) in [6.45, 7) is 6.43. The lowest BCUT2D eigenvalue weighted by Crippen LogP contribution is -1.96.